The van der Waals surface area contributed by atoms with Crippen LogP contribution in [0.4, 0.5) is 0 Å². The summed E-state index contributed by atoms with van der Waals surface area (Å²) in [5.74, 6) is 1.86. The third-order valence-corrected chi connectivity index (χ3v) is 4.49. The number of hydrogen-bond donors (Lipinski definition) is 1. The van der Waals surface area contributed by atoms with Crippen molar-refractivity contribution in [1.82, 2.24) is 9.38 Å². The Morgan fingerprint density at radius 1 is 1.10 bits per heavy atom. The molecule has 0 aliphatic heterocycles. The molecule has 0 spiro atoms. The molecule has 0 saturated carbocycles. The summed E-state index contributed by atoms with van der Waals surface area (Å²) in [5.41, 5.74) is 5.59. The van der Waals surface area contributed by atoms with Crippen LogP contribution in [0.2, 0.25) is 0 Å². The maximum absolute atomic E-state index is 9.03. The van der Waals surface area contributed by atoms with E-state index in [1.54, 1.807) is 0 Å². The maximum atomic E-state index is 9.03. The molecular formula is C17H18N2OS. The smallest absolute Gasteiger partial charge is 0.139 e. The number of nitrogens with zero attached hydrogens (tertiary/aromatic N) is 2. The van der Waals surface area contributed by atoms with Crippen molar-refractivity contribution in [2.45, 2.75) is 25.0 Å². The Labute approximate surface area is 128 Å². The summed E-state index contributed by atoms with van der Waals surface area (Å²) in [4.78, 5) is 4.68. The van der Waals surface area contributed by atoms with E-state index in [1.165, 1.54) is 11.1 Å². The van der Waals surface area contributed by atoms with Crippen LogP contribution in [0, 0.1) is 6.92 Å². The first-order valence-electron chi connectivity index (χ1n) is 6.96. The molecule has 3 aromatic rings. The van der Waals surface area contributed by atoms with Gasteiger partial charge in [-0.2, -0.15) is 11.8 Å². The molecule has 0 atom stereocenters. The molecule has 3 rings (SSSR count). The molecule has 0 radical (unpaired) electrons. The molecule has 0 fully saturated rings. The van der Waals surface area contributed by atoms with Gasteiger partial charge in [0.05, 0.1) is 12.3 Å². The lowest BCUT2D eigenvalue weighted by molar-refractivity contribution is 0.282. The van der Waals surface area contributed by atoms with Crippen LogP contribution in [0.5, 0.6) is 0 Å². The highest BCUT2D eigenvalue weighted by molar-refractivity contribution is 7.97. The Morgan fingerprint density at radius 2 is 1.86 bits per heavy atom. The Balaban J connectivity index is 1.62. The number of thioether (sulfide) groups is 1. The van der Waals surface area contributed by atoms with E-state index in [0.717, 1.165) is 28.4 Å². The van der Waals surface area contributed by atoms with Crippen LogP contribution >= 0.6 is 11.8 Å². The lowest BCUT2D eigenvalue weighted by Gasteiger charge is -2.01. The fourth-order valence-corrected chi connectivity index (χ4v) is 3.17. The molecule has 1 aromatic carbocycles. The number of aliphatic hydroxyl groups is 1. The maximum Gasteiger partial charge on any atom is 0.139 e. The zero-order valence-corrected chi connectivity index (χ0v) is 12.8. The molecule has 2 aromatic heterocycles. The number of benzene rings is 1. The van der Waals surface area contributed by atoms with E-state index in [0.29, 0.717) is 0 Å². The fraction of sp³-hybridized carbons (Fsp3) is 0.235. The van der Waals surface area contributed by atoms with Crippen molar-refractivity contribution in [3.05, 3.63) is 71.2 Å². The van der Waals surface area contributed by atoms with Crippen LogP contribution in [-0.2, 0) is 18.1 Å². The van der Waals surface area contributed by atoms with Crippen molar-refractivity contribution >= 4 is 17.4 Å². The summed E-state index contributed by atoms with van der Waals surface area (Å²) >= 11 is 1.86. The van der Waals surface area contributed by atoms with Crippen molar-refractivity contribution in [3.63, 3.8) is 0 Å². The fourth-order valence-electron chi connectivity index (χ4n) is 2.29. The quantitative estimate of drug-likeness (QED) is 0.782. The number of aryl methyl sites for hydroxylation is 1. The first-order valence-corrected chi connectivity index (χ1v) is 8.11. The molecule has 0 saturated heterocycles. The van der Waals surface area contributed by atoms with E-state index in [2.05, 4.69) is 40.7 Å². The number of aliphatic hydroxyl groups excluding tert-OH is 1. The van der Waals surface area contributed by atoms with Crippen LogP contribution in [0.1, 0.15) is 22.4 Å². The van der Waals surface area contributed by atoms with Gasteiger partial charge in [0.25, 0.3) is 0 Å². The predicted molar refractivity (Wildman–Crippen MR) is 87.3 cm³/mol. The number of aromatic nitrogens is 2. The van der Waals surface area contributed by atoms with E-state index < -0.39 is 0 Å². The first kappa shape index (κ1) is 14.2. The molecule has 4 heteroatoms. The second-order valence-electron chi connectivity index (χ2n) is 5.12. The van der Waals surface area contributed by atoms with Gasteiger partial charge in [0.1, 0.15) is 5.65 Å². The third-order valence-electron chi connectivity index (χ3n) is 3.45. The molecule has 3 nitrogen and oxygen atoms in total. The van der Waals surface area contributed by atoms with Crippen LogP contribution < -0.4 is 0 Å². The van der Waals surface area contributed by atoms with Crippen molar-refractivity contribution in [2.24, 2.45) is 0 Å². The number of fused-ring (bicyclic) bond motifs is 1. The zero-order valence-electron chi connectivity index (χ0n) is 12.0. The number of hydrogen-bond acceptors (Lipinski definition) is 3. The van der Waals surface area contributed by atoms with Crippen LogP contribution in [0.3, 0.4) is 0 Å². The average Bonchev–Trinajstić information content (AvgIpc) is 2.92. The molecule has 108 valence electrons. The average molecular weight is 298 g/mol. The van der Waals surface area contributed by atoms with Gasteiger partial charge in [-0.25, -0.2) is 4.98 Å². The highest BCUT2D eigenvalue weighted by Gasteiger charge is 2.04. The van der Waals surface area contributed by atoms with Gasteiger partial charge in [-0.05, 0) is 29.7 Å². The van der Waals surface area contributed by atoms with Crippen molar-refractivity contribution in [2.75, 3.05) is 0 Å². The molecule has 0 aliphatic rings. The van der Waals surface area contributed by atoms with E-state index in [-0.39, 0.29) is 6.61 Å². The highest BCUT2D eigenvalue weighted by Crippen LogP contribution is 2.19. The van der Waals surface area contributed by atoms with Gasteiger partial charge < -0.3 is 9.51 Å². The molecule has 0 bridgehead atoms. The van der Waals surface area contributed by atoms with Gasteiger partial charge in [0.2, 0.25) is 0 Å². The van der Waals surface area contributed by atoms with Gasteiger partial charge in [-0.15, -0.1) is 0 Å². The minimum atomic E-state index is 0.105. The van der Waals surface area contributed by atoms with Gasteiger partial charge in [0.15, 0.2) is 0 Å². The summed E-state index contributed by atoms with van der Waals surface area (Å²) in [6, 6.07) is 12.2. The second kappa shape index (κ2) is 6.33. The largest absolute Gasteiger partial charge is 0.392 e. The predicted octanol–water partition coefficient (Wildman–Crippen LogP) is 3.57. The third kappa shape index (κ3) is 3.28. The van der Waals surface area contributed by atoms with E-state index >= 15 is 0 Å². The molecule has 1 N–H and O–H groups in total. The van der Waals surface area contributed by atoms with E-state index in [1.807, 2.05) is 36.2 Å². The highest BCUT2D eigenvalue weighted by atomic mass is 32.2. The number of rotatable bonds is 5. The second-order valence-corrected chi connectivity index (χ2v) is 6.11. The lowest BCUT2D eigenvalue weighted by Crippen LogP contribution is -1.86. The summed E-state index contributed by atoms with van der Waals surface area (Å²) in [6.07, 6.45) is 4.14. The van der Waals surface area contributed by atoms with Gasteiger partial charge in [-0.3, -0.25) is 0 Å². The van der Waals surface area contributed by atoms with Crippen LogP contribution in [0.25, 0.3) is 5.65 Å². The standard InChI is InChI=1S/C17H18N2OS/c1-13-3-2-8-19-9-16(18-17(13)19)12-21-11-15-6-4-14(10-20)5-7-15/h2-9,20H,10-12H2,1H3. The molecule has 21 heavy (non-hydrogen) atoms. The first-order chi connectivity index (χ1) is 10.3. The van der Waals surface area contributed by atoms with Gasteiger partial charge in [-0.1, -0.05) is 30.3 Å². The Kier molecular flexibility index (Phi) is 4.27. The van der Waals surface area contributed by atoms with E-state index in [9.17, 15) is 0 Å². The minimum absolute atomic E-state index is 0.105. The van der Waals surface area contributed by atoms with Gasteiger partial charge in [0, 0.05) is 23.9 Å². The molecule has 0 unspecified atom stereocenters. The number of pyridine rings is 1. The normalized spacial score (nSPS) is 11.1. The topological polar surface area (TPSA) is 37.5 Å². The summed E-state index contributed by atoms with van der Waals surface area (Å²) in [6.45, 7) is 2.19. The Hall–Kier alpha value is -1.78. The van der Waals surface area contributed by atoms with E-state index in [4.69, 9.17) is 5.11 Å². The SMILES string of the molecule is Cc1cccn2cc(CSCc3ccc(CO)cc3)nc12. The zero-order chi connectivity index (χ0) is 14.7. The van der Waals surface area contributed by atoms with Crippen molar-refractivity contribution < 1.29 is 5.11 Å². The molecule has 0 amide bonds. The summed E-state index contributed by atoms with van der Waals surface area (Å²) < 4.78 is 2.08. The molecule has 2 heterocycles. The lowest BCUT2D eigenvalue weighted by atomic mass is 10.2. The van der Waals surface area contributed by atoms with Crippen molar-refractivity contribution in [1.29, 1.82) is 0 Å². The van der Waals surface area contributed by atoms with Crippen molar-refractivity contribution in [3.8, 4) is 0 Å². The van der Waals surface area contributed by atoms with Crippen LogP contribution in [0.15, 0.2) is 48.8 Å². The Bertz CT molecular complexity index is 734. The molecule has 0 aliphatic carbocycles. The number of imidazole rings is 1. The van der Waals surface area contributed by atoms with Gasteiger partial charge >= 0.3 is 0 Å². The minimum Gasteiger partial charge on any atom is -0.392 e. The van der Waals surface area contributed by atoms with Crippen LogP contribution in [-0.4, -0.2) is 14.5 Å². The molecular weight excluding hydrogens is 280 g/mol. The Morgan fingerprint density at radius 3 is 2.57 bits per heavy atom. The monoisotopic (exact) mass is 298 g/mol. The summed E-state index contributed by atoms with van der Waals surface area (Å²) in [7, 11) is 0. The summed E-state index contributed by atoms with van der Waals surface area (Å²) in [5, 5.41) is 9.03.